The molecule has 0 bridgehead atoms. The molecule has 0 saturated heterocycles. The highest BCUT2D eigenvalue weighted by atomic mass is 19.1. The van der Waals surface area contributed by atoms with Crippen molar-refractivity contribution in [1.29, 1.82) is 0 Å². The molecular formula is C10H16FN3. The molecule has 1 aromatic heterocycles. The second-order valence-corrected chi connectivity index (χ2v) is 3.58. The largest absolute Gasteiger partial charge is 0.361 e. The van der Waals surface area contributed by atoms with E-state index in [0.717, 1.165) is 6.42 Å². The van der Waals surface area contributed by atoms with Crippen LogP contribution in [0.3, 0.4) is 0 Å². The quantitative estimate of drug-likeness (QED) is 0.773. The summed E-state index contributed by atoms with van der Waals surface area (Å²) in [6.07, 6.45) is 2.37. The third kappa shape index (κ3) is 2.42. The van der Waals surface area contributed by atoms with Crippen LogP contribution in [0.15, 0.2) is 18.3 Å². The van der Waals surface area contributed by atoms with E-state index in [1.165, 1.54) is 6.07 Å². The molecule has 0 aliphatic carbocycles. The highest BCUT2D eigenvalue weighted by Crippen LogP contribution is 2.17. The van der Waals surface area contributed by atoms with E-state index in [4.69, 9.17) is 5.73 Å². The van der Waals surface area contributed by atoms with Gasteiger partial charge in [-0.25, -0.2) is 9.37 Å². The lowest BCUT2D eigenvalue weighted by atomic mass is 9.99. The van der Waals surface area contributed by atoms with E-state index in [0.29, 0.717) is 6.54 Å². The number of halogens is 1. The molecule has 0 aromatic carbocycles. The van der Waals surface area contributed by atoms with Crippen LogP contribution >= 0.6 is 0 Å². The second-order valence-electron chi connectivity index (χ2n) is 3.58. The number of nitrogens with zero attached hydrogens (tertiary/aromatic N) is 1. The normalized spacial score (nSPS) is 14.9. The van der Waals surface area contributed by atoms with Crippen LogP contribution in [0.1, 0.15) is 20.3 Å². The van der Waals surface area contributed by atoms with Gasteiger partial charge in [0.05, 0.1) is 0 Å². The number of nitrogens with two attached hydrogens (primary N) is 1. The number of rotatable bonds is 4. The third-order valence-corrected chi connectivity index (χ3v) is 2.41. The van der Waals surface area contributed by atoms with Gasteiger partial charge in [0.1, 0.15) is 0 Å². The molecule has 0 aliphatic rings. The first-order valence-electron chi connectivity index (χ1n) is 4.70. The zero-order valence-corrected chi connectivity index (χ0v) is 8.55. The molecule has 4 heteroatoms. The summed E-state index contributed by atoms with van der Waals surface area (Å²) in [5.74, 6) is -0.0806. The minimum atomic E-state index is -0.347. The number of anilines is 1. The minimum Gasteiger partial charge on any atom is -0.361 e. The molecular weight excluding hydrogens is 181 g/mol. The third-order valence-electron chi connectivity index (χ3n) is 2.41. The first-order valence-corrected chi connectivity index (χ1v) is 4.70. The Morgan fingerprint density at radius 2 is 2.36 bits per heavy atom. The maximum Gasteiger partial charge on any atom is 0.165 e. The molecule has 0 radical (unpaired) electrons. The molecule has 3 N–H and O–H groups in total. The zero-order valence-electron chi connectivity index (χ0n) is 8.55. The molecule has 0 saturated carbocycles. The predicted octanol–water partition coefficient (Wildman–Crippen LogP) is 1.76. The second kappa shape index (κ2) is 4.37. The summed E-state index contributed by atoms with van der Waals surface area (Å²) in [7, 11) is 0. The number of aromatic nitrogens is 1. The lowest BCUT2D eigenvalue weighted by Crippen LogP contribution is -2.42. The molecule has 3 nitrogen and oxygen atoms in total. The first kappa shape index (κ1) is 10.9. The van der Waals surface area contributed by atoms with Gasteiger partial charge < -0.3 is 11.1 Å². The molecule has 0 fully saturated rings. The molecule has 14 heavy (non-hydrogen) atoms. The standard InChI is InChI=1S/C10H16FN3/c1-3-10(2,7-12)14-9-8(11)5-4-6-13-9/h4-6H,3,7,12H2,1-2H3,(H,13,14). The minimum absolute atomic E-state index is 0.266. The van der Waals surface area contributed by atoms with Crippen LogP contribution in [0.4, 0.5) is 10.2 Å². The van der Waals surface area contributed by atoms with E-state index in [1.807, 2.05) is 13.8 Å². The highest BCUT2D eigenvalue weighted by Gasteiger charge is 2.21. The van der Waals surface area contributed by atoms with Crippen molar-refractivity contribution in [3.8, 4) is 0 Å². The summed E-state index contributed by atoms with van der Waals surface area (Å²) in [5, 5.41) is 3.01. The van der Waals surface area contributed by atoms with Crippen molar-refractivity contribution in [2.24, 2.45) is 5.73 Å². The van der Waals surface area contributed by atoms with Gasteiger partial charge in [-0.05, 0) is 25.5 Å². The number of hydrogen-bond donors (Lipinski definition) is 2. The summed E-state index contributed by atoms with van der Waals surface area (Å²) >= 11 is 0. The van der Waals surface area contributed by atoms with Crippen molar-refractivity contribution in [1.82, 2.24) is 4.98 Å². The monoisotopic (exact) mass is 197 g/mol. The average molecular weight is 197 g/mol. The number of pyridine rings is 1. The van der Waals surface area contributed by atoms with Crippen molar-refractivity contribution in [2.75, 3.05) is 11.9 Å². The first-order chi connectivity index (χ1) is 6.61. The lowest BCUT2D eigenvalue weighted by Gasteiger charge is -2.28. The van der Waals surface area contributed by atoms with E-state index in [1.54, 1.807) is 12.3 Å². The molecule has 0 amide bonds. The zero-order chi connectivity index (χ0) is 10.6. The molecule has 1 heterocycles. The van der Waals surface area contributed by atoms with Crippen LogP contribution in [-0.2, 0) is 0 Å². The summed E-state index contributed by atoms with van der Waals surface area (Å²) in [4.78, 5) is 3.92. The van der Waals surface area contributed by atoms with Gasteiger partial charge in [-0.15, -0.1) is 0 Å². The van der Waals surface area contributed by atoms with Gasteiger partial charge in [-0.1, -0.05) is 6.92 Å². The molecule has 78 valence electrons. The number of nitrogens with one attached hydrogen (secondary N) is 1. The fourth-order valence-electron chi connectivity index (χ4n) is 1.05. The topological polar surface area (TPSA) is 50.9 Å². The van der Waals surface area contributed by atoms with Gasteiger partial charge >= 0.3 is 0 Å². The van der Waals surface area contributed by atoms with Crippen molar-refractivity contribution in [3.05, 3.63) is 24.1 Å². The fourth-order valence-corrected chi connectivity index (χ4v) is 1.05. The van der Waals surface area contributed by atoms with Crippen LogP contribution in [0, 0.1) is 5.82 Å². The molecule has 0 aliphatic heterocycles. The van der Waals surface area contributed by atoms with Crippen LogP contribution in [-0.4, -0.2) is 17.1 Å². The molecule has 1 unspecified atom stereocenters. The Morgan fingerprint density at radius 1 is 1.64 bits per heavy atom. The van der Waals surface area contributed by atoms with Gasteiger partial charge in [0.2, 0.25) is 0 Å². The maximum absolute atomic E-state index is 13.2. The van der Waals surface area contributed by atoms with E-state index < -0.39 is 0 Å². The summed E-state index contributed by atoms with van der Waals surface area (Å²) in [5.41, 5.74) is 5.31. The molecule has 1 rings (SSSR count). The number of hydrogen-bond acceptors (Lipinski definition) is 3. The van der Waals surface area contributed by atoms with Crippen molar-refractivity contribution >= 4 is 5.82 Å². The van der Waals surface area contributed by atoms with Gasteiger partial charge in [0.25, 0.3) is 0 Å². The molecule has 1 aromatic rings. The Morgan fingerprint density at radius 3 is 2.86 bits per heavy atom. The van der Waals surface area contributed by atoms with Crippen molar-refractivity contribution in [2.45, 2.75) is 25.8 Å². The fraction of sp³-hybridized carbons (Fsp3) is 0.500. The summed E-state index contributed by atoms with van der Waals surface area (Å²) in [6.45, 7) is 4.39. The van der Waals surface area contributed by atoms with E-state index >= 15 is 0 Å². The van der Waals surface area contributed by atoms with Gasteiger partial charge in [-0.3, -0.25) is 0 Å². The van der Waals surface area contributed by atoms with Gasteiger partial charge in [-0.2, -0.15) is 0 Å². The Bertz CT molecular complexity index is 297. The van der Waals surface area contributed by atoms with E-state index in [2.05, 4.69) is 10.3 Å². The van der Waals surface area contributed by atoms with Crippen LogP contribution < -0.4 is 11.1 Å². The van der Waals surface area contributed by atoms with Crippen LogP contribution in [0.25, 0.3) is 0 Å². The predicted molar refractivity (Wildman–Crippen MR) is 55.6 cm³/mol. The smallest absolute Gasteiger partial charge is 0.165 e. The Hall–Kier alpha value is -1.16. The van der Waals surface area contributed by atoms with Crippen molar-refractivity contribution < 1.29 is 4.39 Å². The highest BCUT2D eigenvalue weighted by molar-refractivity contribution is 5.38. The molecule has 0 spiro atoms. The van der Waals surface area contributed by atoms with Gasteiger partial charge in [0.15, 0.2) is 11.6 Å². The van der Waals surface area contributed by atoms with E-state index in [9.17, 15) is 4.39 Å². The van der Waals surface area contributed by atoms with E-state index in [-0.39, 0.29) is 17.2 Å². The van der Waals surface area contributed by atoms with Gasteiger partial charge in [0, 0.05) is 18.3 Å². The Balaban J connectivity index is 2.82. The van der Waals surface area contributed by atoms with Crippen LogP contribution in [0.5, 0.6) is 0 Å². The SMILES string of the molecule is CCC(C)(CN)Nc1ncccc1F. The average Bonchev–Trinajstić information content (AvgIpc) is 2.21. The summed E-state index contributed by atoms with van der Waals surface area (Å²) < 4.78 is 13.2. The molecule has 1 atom stereocenters. The maximum atomic E-state index is 13.2. The Labute approximate surface area is 83.5 Å². The van der Waals surface area contributed by atoms with Crippen molar-refractivity contribution in [3.63, 3.8) is 0 Å². The Kier molecular flexibility index (Phi) is 3.41. The lowest BCUT2D eigenvalue weighted by molar-refractivity contribution is 0.497. The summed E-state index contributed by atoms with van der Waals surface area (Å²) in [6, 6.07) is 2.94. The van der Waals surface area contributed by atoms with Crippen LogP contribution in [0.2, 0.25) is 0 Å².